The zero-order valence-corrected chi connectivity index (χ0v) is 8.36. The minimum Gasteiger partial charge on any atom is -0.378 e. The Labute approximate surface area is 85.4 Å². The first-order chi connectivity index (χ1) is 6.95. The molecule has 0 aliphatic carbocycles. The average molecular weight is 188 g/mol. The summed E-state index contributed by atoms with van der Waals surface area (Å²) in [5.74, 6) is 0. The lowest BCUT2D eigenvalue weighted by Crippen LogP contribution is -2.01. The standard InChI is InChI=1S/C13H16O/c1-2-6-12(7-3-1)8-4-9-13-10-5-11-14-13/h1-4,6-8,13H,5,9-11H2/b8-4-. The molecule has 1 aromatic carbocycles. The van der Waals surface area contributed by atoms with E-state index < -0.39 is 0 Å². The molecule has 1 aliphatic heterocycles. The van der Waals surface area contributed by atoms with Crippen molar-refractivity contribution in [3.63, 3.8) is 0 Å². The van der Waals surface area contributed by atoms with E-state index in [-0.39, 0.29) is 0 Å². The molecule has 0 N–H and O–H groups in total. The molecule has 1 aliphatic rings. The van der Waals surface area contributed by atoms with Crippen molar-refractivity contribution in [2.24, 2.45) is 0 Å². The van der Waals surface area contributed by atoms with Gasteiger partial charge in [0.2, 0.25) is 0 Å². The highest BCUT2D eigenvalue weighted by Crippen LogP contribution is 2.16. The van der Waals surface area contributed by atoms with Gasteiger partial charge in [-0.1, -0.05) is 42.5 Å². The number of rotatable bonds is 3. The average Bonchev–Trinajstić information content (AvgIpc) is 2.72. The lowest BCUT2D eigenvalue weighted by molar-refractivity contribution is 0.113. The SMILES string of the molecule is C(=C/c1ccccc1)/CC1CCCO1. The molecule has 1 fully saturated rings. The number of ether oxygens (including phenoxy) is 1. The van der Waals surface area contributed by atoms with Crippen LogP contribution in [0.1, 0.15) is 24.8 Å². The molecule has 1 heterocycles. The molecule has 0 radical (unpaired) electrons. The fourth-order valence-electron chi connectivity index (χ4n) is 1.75. The molecule has 0 bridgehead atoms. The van der Waals surface area contributed by atoms with Crippen LogP contribution in [0.4, 0.5) is 0 Å². The van der Waals surface area contributed by atoms with Crippen LogP contribution >= 0.6 is 0 Å². The summed E-state index contributed by atoms with van der Waals surface area (Å²) in [6.07, 6.45) is 8.35. The van der Waals surface area contributed by atoms with Gasteiger partial charge >= 0.3 is 0 Å². The van der Waals surface area contributed by atoms with Crippen LogP contribution in [0.15, 0.2) is 36.4 Å². The summed E-state index contributed by atoms with van der Waals surface area (Å²) in [6, 6.07) is 10.4. The Bertz CT molecular complexity index is 283. The van der Waals surface area contributed by atoms with Gasteiger partial charge in [0, 0.05) is 6.61 Å². The maximum absolute atomic E-state index is 5.54. The Morgan fingerprint density at radius 1 is 1.29 bits per heavy atom. The number of hydrogen-bond donors (Lipinski definition) is 0. The van der Waals surface area contributed by atoms with Crippen molar-refractivity contribution in [2.75, 3.05) is 6.61 Å². The molecule has 14 heavy (non-hydrogen) atoms. The highest BCUT2D eigenvalue weighted by molar-refractivity contribution is 5.48. The van der Waals surface area contributed by atoms with Crippen molar-refractivity contribution in [1.82, 2.24) is 0 Å². The summed E-state index contributed by atoms with van der Waals surface area (Å²) in [7, 11) is 0. The Balaban J connectivity index is 1.82. The predicted molar refractivity (Wildman–Crippen MR) is 59.1 cm³/mol. The van der Waals surface area contributed by atoms with E-state index in [0.29, 0.717) is 6.10 Å². The van der Waals surface area contributed by atoms with Gasteiger partial charge in [-0.05, 0) is 24.8 Å². The molecule has 0 aromatic heterocycles. The van der Waals surface area contributed by atoms with Crippen molar-refractivity contribution < 1.29 is 4.74 Å². The Morgan fingerprint density at radius 2 is 2.14 bits per heavy atom. The smallest absolute Gasteiger partial charge is 0.0610 e. The molecule has 0 saturated carbocycles. The number of hydrogen-bond acceptors (Lipinski definition) is 1. The Morgan fingerprint density at radius 3 is 2.86 bits per heavy atom. The summed E-state index contributed by atoms with van der Waals surface area (Å²) in [4.78, 5) is 0. The first-order valence-electron chi connectivity index (χ1n) is 5.28. The molecule has 2 rings (SSSR count). The van der Waals surface area contributed by atoms with Gasteiger partial charge in [-0.25, -0.2) is 0 Å². The van der Waals surface area contributed by atoms with E-state index in [4.69, 9.17) is 4.74 Å². The summed E-state index contributed by atoms with van der Waals surface area (Å²) >= 11 is 0. The normalized spacial score (nSPS) is 21.9. The fraction of sp³-hybridized carbons (Fsp3) is 0.385. The third-order valence-electron chi connectivity index (χ3n) is 2.53. The first-order valence-corrected chi connectivity index (χ1v) is 5.28. The van der Waals surface area contributed by atoms with Gasteiger partial charge in [-0.3, -0.25) is 0 Å². The zero-order valence-electron chi connectivity index (χ0n) is 8.36. The van der Waals surface area contributed by atoms with Crippen LogP contribution in [0.3, 0.4) is 0 Å². The maximum atomic E-state index is 5.54. The van der Waals surface area contributed by atoms with Gasteiger partial charge in [0.15, 0.2) is 0 Å². The van der Waals surface area contributed by atoms with E-state index in [1.165, 1.54) is 18.4 Å². The second kappa shape index (κ2) is 4.97. The molecular weight excluding hydrogens is 172 g/mol. The minimum atomic E-state index is 0.468. The molecule has 74 valence electrons. The molecular formula is C13H16O. The third kappa shape index (κ3) is 2.71. The third-order valence-corrected chi connectivity index (χ3v) is 2.53. The van der Waals surface area contributed by atoms with E-state index in [1.807, 2.05) is 6.07 Å². The summed E-state index contributed by atoms with van der Waals surface area (Å²) in [6.45, 7) is 0.948. The summed E-state index contributed by atoms with van der Waals surface area (Å²) < 4.78 is 5.54. The van der Waals surface area contributed by atoms with Crippen LogP contribution in [0.5, 0.6) is 0 Å². The molecule has 1 nitrogen and oxygen atoms in total. The first kappa shape index (κ1) is 9.47. The predicted octanol–water partition coefficient (Wildman–Crippen LogP) is 3.27. The highest BCUT2D eigenvalue weighted by atomic mass is 16.5. The van der Waals surface area contributed by atoms with E-state index in [2.05, 4.69) is 36.4 Å². The van der Waals surface area contributed by atoms with Gasteiger partial charge in [0.25, 0.3) is 0 Å². The van der Waals surface area contributed by atoms with E-state index >= 15 is 0 Å². The molecule has 1 heteroatoms. The molecule has 1 atom stereocenters. The van der Waals surface area contributed by atoms with Crippen LogP contribution in [-0.2, 0) is 4.74 Å². The van der Waals surface area contributed by atoms with E-state index in [0.717, 1.165) is 13.0 Å². The molecule has 1 unspecified atom stereocenters. The largest absolute Gasteiger partial charge is 0.378 e. The lowest BCUT2D eigenvalue weighted by atomic mass is 10.1. The van der Waals surface area contributed by atoms with Crippen LogP contribution in [0.2, 0.25) is 0 Å². The highest BCUT2D eigenvalue weighted by Gasteiger charge is 2.12. The lowest BCUT2D eigenvalue weighted by Gasteiger charge is -2.03. The minimum absolute atomic E-state index is 0.468. The van der Waals surface area contributed by atoms with Crippen molar-refractivity contribution in [2.45, 2.75) is 25.4 Å². The van der Waals surface area contributed by atoms with Gasteiger partial charge in [0.05, 0.1) is 6.10 Å². The topological polar surface area (TPSA) is 9.23 Å². The van der Waals surface area contributed by atoms with E-state index in [1.54, 1.807) is 0 Å². The summed E-state index contributed by atoms with van der Waals surface area (Å²) in [5, 5.41) is 0. The van der Waals surface area contributed by atoms with Gasteiger partial charge < -0.3 is 4.74 Å². The van der Waals surface area contributed by atoms with Crippen LogP contribution in [0, 0.1) is 0 Å². The Kier molecular flexibility index (Phi) is 3.36. The van der Waals surface area contributed by atoms with Gasteiger partial charge in [0.1, 0.15) is 0 Å². The van der Waals surface area contributed by atoms with E-state index in [9.17, 15) is 0 Å². The quantitative estimate of drug-likeness (QED) is 0.707. The second-order valence-electron chi connectivity index (χ2n) is 3.68. The van der Waals surface area contributed by atoms with Crippen molar-refractivity contribution in [1.29, 1.82) is 0 Å². The number of benzene rings is 1. The summed E-state index contributed by atoms with van der Waals surface area (Å²) in [5.41, 5.74) is 1.27. The van der Waals surface area contributed by atoms with Crippen LogP contribution in [0.25, 0.3) is 6.08 Å². The van der Waals surface area contributed by atoms with Crippen molar-refractivity contribution in [3.8, 4) is 0 Å². The molecule has 1 saturated heterocycles. The van der Waals surface area contributed by atoms with Gasteiger partial charge in [-0.2, -0.15) is 0 Å². The maximum Gasteiger partial charge on any atom is 0.0610 e. The zero-order chi connectivity index (χ0) is 9.64. The van der Waals surface area contributed by atoms with Crippen molar-refractivity contribution >= 4 is 6.08 Å². The molecule has 0 amide bonds. The molecule has 0 spiro atoms. The fourth-order valence-corrected chi connectivity index (χ4v) is 1.75. The Hall–Kier alpha value is -1.08. The van der Waals surface area contributed by atoms with Crippen molar-refractivity contribution in [3.05, 3.63) is 42.0 Å². The second-order valence-corrected chi connectivity index (χ2v) is 3.68. The monoisotopic (exact) mass is 188 g/mol. The van der Waals surface area contributed by atoms with Crippen LogP contribution in [-0.4, -0.2) is 12.7 Å². The van der Waals surface area contributed by atoms with Crippen LogP contribution < -0.4 is 0 Å². The van der Waals surface area contributed by atoms with Gasteiger partial charge in [-0.15, -0.1) is 0 Å². The molecule has 1 aromatic rings.